The number of benzene rings is 2. The fourth-order valence-electron chi connectivity index (χ4n) is 3.93. The van der Waals surface area contributed by atoms with Crippen LogP contribution in [0.1, 0.15) is 35.1 Å². The average molecular weight is 381 g/mol. The highest BCUT2D eigenvalue weighted by molar-refractivity contribution is 8.00. The molecular weight excluding hydrogens is 356 g/mol. The summed E-state index contributed by atoms with van der Waals surface area (Å²) in [5.74, 6) is 0.412. The standard InChI is InChI=1S/C22H24N2O2S/c25-21(23-19-9-7-15-3-1-5-17(15)11-19)13-27-14-22(26)24-20-10-8-16-4-2-6-18(16)12-20/h7-12H,1-6,13-14H2,(H,23,25)(H,24,26). The molecule has 0 heterocycles. The van der Waals surface area contributed by atoms with Gasteiger partial charge < -0.3 is 10.6 Å². The first kappa shape index (κ1) is 18.1. The molecule has 5 heteroatoms. The molecule has 0 fully saturated rings. The summed E-state index contributed by atoms with van der Waals surface area (Å²) in [7, 11) is 0. The van der Waals surface area contributed by atoms with Gasteiger partial charge in [-0.3, -0.25) is 9.59 Å². The zero-order chi connectivity index (χ0) is 18.6. The number of thioether (sulfide) groups is 1. The Morgan fingerprint density at radius 1 is 0.704 bits per heavy atom. The van der Waals surface area contributed by atoms with E-state index in [-0.39, 0.29) is 23.3 Å². The van der Waals surface area contributed by atoms with E-state index < -0.39 is 0 Å². The highest BCUT2D eigenvalue weighted by Gasteiger charge is 2.13. The first-order chi connectivity index (χ1) is 13.2. The van der Waals surface area contributed by atoms with E-state index in [0.29, 0.717) is 0 Å². The van der Waals surface area contributed by atoms with E-state index in [0.717, 1.165) is 37.1 Å². The summed E-state index contributed by atoms with van der Waals surface area (Å²) in [6.07, 6.45) is 6.86. The molecule has 0 atom stereocenters. The minimum atomic E-state index is -0.0664. The van der Waals surface area contributed by atoms with E-state index in [1.807, 2.05) is 12.1 Å². The zero-order valence-corrected chi connectivity index (χ0v) is 16.2. The summed E-state index contributed by atoms with van der Waals surface area (Å²) in [5, 5.41) is 5.86. The van der Waals surface area contributed by atoms with Gasteiger partial charge in [0.1, 0.15) is 0 Å². The van der Waals surface area contributed by atoms with Crippen molar-refractivity contribution in [2.45, 2.75) is 38.5 Å². The molecule has 2 aromatic carbocycles. The van der Waals surface area contributed by atoms with Crippen LogP contribution in [0.2, 0.25) is 0 Å². The highest BCUT2D eigenvalue weighted by atomic mass is 32.2. The molecule has 4 nitrogen and oxygen atoms in total. The van der Waals surface area contributed by atoms with E-state index in [9.17, 15) is 9.59 Å². The van der Waals surface area contributed by atoms with E-state index in [1.54, 1.807) is 0 Å². The smallest absolute Gasteiger partial charge is 0.234 e. The van der Waals surface area contributed by atoms with Gasteiger partial charge in [0.2, 0.25) is 11.8 Å². The number of carbonyl (C=O) groups is 2. The van der Waals surface area contributed by atoms with Crippen LogP contribution in [-0.4, -0.2) is 23.3 Å². The van der Waals surface area contributed by atoms with Crippen LogP contribution in [0.25, 0.3) is 0 Å². The Kier molecular flexibility index (Phi) is 5.48. The lowest BCUT2D eigenvalue weighted by Gasteiger charge is -2.09. The van der Waals surface area contributed by atoms with Crippen LogP contribution in [0.4, 0.5) is 11.4 Å². The van der Waals surface area contributed by atoms with Gasteiger partial charge in [-0.1, -0.05) is 12.1 Å². The lowest BCUT2D eigenvalue weighted by Crippen LogP contribution is -2.18. The Bertz CT molecular complexity index is 807. The number of anilines is 2. The molecular formula is C22H24N2O2S. The molecule has 2 aliphatic rings. The van der Waals surface area contributed by atoms with Gasteiger partial charge in [0.25, 0.3) is 0 Å². The maximum absolute atomic E-state index is 12.1. The number of fused-ring (bicyclic) bond motifs is 2. The number of aryl methyl sites for hydroxylation is 4. The lowest BCUT2D eigenvalue weighted by atomic mass is 10.1. The molecule has 0 bridgehead atoms. The van der Waals surface area contributed by atoms with Gasteiger partial charge in [0.05, 0.1) is 11.5 Å². The number of hydrogen-bond donors (Lipinski definition) is 2. The van der Waals surface area contributed by atoms with Gasteiger partial charge in [0.15, 0.2) is 0 Å². The molecule has 2 aromatic rings. The molecule has 0 aromatic heterocycles. The Labute approximate surface area is 164 Å². The highest BCUT2D eigenvalue weighted by Crippen LogP contribution is 2.26. The van der Waals surface area contributed by atoms with Crippen LogP contribution >= 0.6 is 11.8 Å². The molecule has 27 heavy (non-hydrogen) atoms. The van der Waals surface area contributed by atoms with Crippen molar-refractivity contribution in [1.29, 1.82) is 0 Å². The van der Waals surface area contributed by atoms with Gasteiger partial charge >= 0.3 is 0 Å². The summed E-state index contributed by atoms with van der Waals surface area (Å²) >= 11 is 1.33. The molecule has 2 aliphatic carbocycles. The van der Waals surface area contributed by atoms with E-state index in [4.69, 9.17) is 0 Å². The molecule has 140 valence electrons. The second kappa shape index (κ2) is 8.17. The molecule has 0 spiro atoms. The minimum absolute atomic E-state index is 0.0664. The molecule has 0 unspecified atom stereocenters. The van der Waals surface area contributed by atoms with Crippen molar-refractivity contribution in [2.75, 3.05) is 22.1 Å². The van der Waals surface area contributed by atoms with Crippen molar-refractivity contribution in [3.63, 3.8) is 0 Å². The Hall–Kier alpha value is -2.27. The van der Waals surface area contributed by atoms with Crippen LogP contribution in [0.3, 0.4) is 0 Å². The third-order valence-electron chi connectivity index (χ3n) is 5.23. The first-order valence-corrected chi connectivity index (χ1v) is 10.7. The van der Waals surface area contributed by atoms with Crippen molar-refractivity contribution in [2.24, 2.45) is 0 Å². The topological polar surface area (TPSA) is 58.2 Å². The monoisotopic (exact) mass is 380 g/mol. The molecule has 4 rings (SSSR count). The normalized spacial score (nSPS) is 14.5. The van der Waals surface area contributed by atoms with Gasteiger partial charge in [-0.05, 0) is 85.0 Å². The quantitative estimate of drug-likeness (QED) is 0.797. The van der Waals surface area contributed by atoms with Crippen LogP contribution in [-0.2, 0) is 35.3 Å². The number of rotatable bonds is 6. The van der Waals surface area contributed by atoms with Crippen molar-refractivity contribution in [3.05, 3.63) is 58.7 Å². The summed E-state index contributed by atoms with van der Waals surface area (Å²) in [5.41, 5.74) is 7.17. The number of hydrogen-bond acceptors (Lipinski definition) is 3. The predicted octanol–water partition coefficient (Wildman–Crippen LogP) is 3.97. The predicted molar refractivity (Wildman–Crippen MR) is 112 cm³/mol. The fourth-order valence-corrected chi connectivity index (χ4v) is 4.55. The zero-order valence-electron chi connectivity index (χ0n) is 15.3. The van der Waals surface area contributed by atoms with Crippen molar-refractivity contribution >= 4 is 35.0 Å². The van der Waals surface area contributed by atoms with Crippen molar-refractivity contribution in [3.8, 4) is 0 Å². The summed E-state index contributed by atoms with van der Waals surface area (Å²) in [6, 6.07) is 12.3. The second-order valence-corrected chi connectivity index (χ2v) is 8.25. The van der Waals surface area contributed by atoms with Crippen molar-refractivity contribution in [1.82, 2.24) is 0 Å². The van der Waals surface area contributed by atoms with Crippen LogP contribution in [0, 0.1) is 0 Å². The molecule has 0 saturated carbocycles. The van der Waals surface area contributed by atoms with Gasteiger partial charge in [0, 0.05) is 11.4 Å². The number of carbonyl (C=O) groups excluding carboxylic acids is 2. The Morgan fingerprint density at radius 3 is 1.63 bits per heavy atom. The maximum Gasteiger partial charge on any atom is 0.234 e. The van der Waals surface area contributed by atoms with Gasteiger partial charge in [-0.25, -0.2) is 0 Å². The minimum Gasteiger partial charge on any atom is -0.325 e. The SMILES string of the molecule is O=C(CSCC(=O)Nc1ccc2c(c1)CCC2)Nc1ccc2c(c1)CCC2. The lowest BCUT2D eigenvalue weighted by molar-refractivity contribution is -0.114. The maximum atomic E-state index is 12.1. The number of nitrogens with one attached hydrogen (secondary N) is 2. The van der Waals surface area contributed by atoms with E-state index in [2.05, 4.69) is 34.9 Å². The molecule has 2 amide bonds. The Morgan fingerprint density at radius 2 is 1.15 bits per heavy atom. The summed E-state index contributed by atoms with van der Waals surface area (Å²) < 4.78 is 0. The first-order valence-electron chi connectivity index (χ1n) is 9.58. The second-order valence-electron chi connectivity index (χ2n) is 7.26. The molecule has 0 aliphatic heterocycles. The average Bonchev–Trinajstić information content (AvgIpc) is 3.29. The van der Waals surface area contributed by atoms with Gasteiger partial charge in [-0.2, -0.15) is 0 Å². The fraction of sp³-hybridized carbons (Fsp3) is 0.364. The largest absolute Gasteiger partial charge is 0.325 e. The summed E-state index contributed by atoms with van der Waals surface area (Å²) in [4.78, 5) is 24.2. The molecule has 0 saturated heterocycles. The van der Waals surface area contributed by atoms with Crippen LogP contribution in [0.15, 0.2) is 36.4 Å². The molecule has 0 radical (unpaired) electrons. The number of amides is 2. The van der Waals surface area contributed by atoms with Crippen LogP contribution < -0.4 is 10.6 Å². The Balaban J connectivity index is 1.21. The van der Waals surface area contributed by atoms with Gasteiger partial charge in [-0.15, -0.1) is 11.8 Å². The third-order valence-corrected chi connectivity index (χ3v) is 6.16. The van der Waals surface area contributed by atoms with E-state index >= 15 is 0 Å². The van der Waals surface area contributed by atoms with E-state index in [1.165, 1.54) is 46.9 Å². The molecule has 2 N–H and O–H groups in total. The summed E-state index contributed by atoms with van der Waals surface area (Å²) in [6.45, 7) is 0. The van der Waals surface area contributed by atoms with Crippen LogP contribution in [0.5, 0.6) is 0 Å². The third kappa shape index (κ3) is 4.53. The van der Waals surface area contributed by atoms with Crippen molar-refractivity contribution < 1.29 is 9.59 Å².